The predicted molar refractivity (Wildman–Crippen MR) is 71.7 cm³/mol. The second-order valence-corrected chi connectivity index (χ2v) is 4.88. The van der Waals surface area contributed by atoms with Crippen LogP contribution in [0.3, 0.4) is 0 Å². The molecule has 1 aromatic heterocycles. The van der Waals surface area contributed by atoms with Crippen molar-refractivity contribution in [3.8, 4) is 5.75 Å². The van der Waals surface area contributed by atoms with Crippen molar-refractivity contribution in [2.45, 2.75) is 6.61 Å². The molecular formula is C14H10F2O3S. The van der Waals surface area contributed by atoms with Gasteiger partial charge < -0.3 is 9.84 Å². The fourth-order valence-electron chi connectivity index (χ4n) is 1.46. The number of carbonyl (C=O) groups is 1. The van der Waals surface area contributed by atoms with E-state index in [0.29, 0.717) is 0 Å². The summed E-state index contributed by atoms with van der Waals surface area (Å²) < 4.78 is 31.5. The first-order valence-corrected chi connectivity index (χ1v) is 6.49. The third kappa shape index (κ3) is 3.89. The van der Waals surface area contributed by atoms with Gasteiger partial charge in [-0.3, -0.25) is 0 Å². The molecule has 2 aromatic rings. The number of thiophene rings is 1. The van der Waals surface area contributed by atoms with Gasteiger partial charge in [-0.15, -0.1) is 11.3 Å². The van der Waals surface area contributed by atoms with Gasteiger partial charge in [0.05, 0.1) is 0 Å². The van der Waals surface area contributed by atoms with E-state index in [9.17, 15) is 13.6 Å². The Labute approximate surface area is 117 Å². The Morgan fingerprint density at radius 3 is 2.90 bits per heavy atom. The molecule has 1 aromatic carbocycles. The smallest absolute Gasteiger partial charge is 0.328 e. The molecule has 0 radical (unpaired) electrons. The molecule has 3 nitrogen and oxygen atoms in total. The molecule has 0 amide bonds. The van der Waals surface area contributed by atoms with E-state index in [0.717, 1.165) is 34.7 Å². The number of benzene rings is 1. The fourth-order valence-corrected chi connectivity index (χ4v) is 2.23. The SMILES string of the molecule is O=C(O)C=Cc1csc(COc2cc(F)ccc2F)c1. The van der Waals surface area contributed by atoms with Crippen molar-refractivity contribution in [2.24, 2.45) is 0 Å². The van der Waals surface area contributed by atoms with E-state index in [1.807, 2.05) is 0 Å². The van der Waals surface area contributed by atoms with Crippen LogP contribution in [0.2, 0.25) is 0 Å². The molecule has 1 heterocycles. The van der Waals surface area contributed by atoms with Crippen molar-refractivity contribution in [3.05, 3.63) is 57.8 Å². The van der Waals surface area contributed by atoms with E-state index in [1.165, 1.54) is 17.4 Å². The van der Waals surface area contributed by atoms with Crippen LogP contribution >= 0.6 is 11.3 Å². The molecule has 6 heteroatoms. The number of halogens is 2. The topological polar surface area (TPSA) is 46.5 Å². The fraction of sp³-hybridized carbons (Fsp3) is 0.0714. The first kappa shape index (κ1) is 14.2. The van der Waals surface area contributed by atoms with Crippen LogP contribution in [-0.4, -0.2) is 11.1 Å². The molecular weight excluding hydrogens is 286 g/mol. The van der Waals surface area contributed by atoms with E-state index in [1.54, 1.807) is 11.4 Å². The van der Waals surface area contributed by atoms with Crippen LogP contribution in [0.4, 0.5) is 8.78 Å². The number of hydrogen-bond donors (Lipinski definition) is 1. The lowest BCUT2D eigenvalue weighted by molar-refractivity contribution is -0.131. The van der Waals surface area contributed by atoms with Crippen LogP contribution in [0, 0.1) is 11.6 Å². The maximum atomic E-state index is 13.3. The number of carboxylic acid groups (broad SMARTS) is 1. The van der Waals surface area contributed by atoms with Gasteiger partial charge in [-0.05, 0) is 35.2 Å². The summed E-state index contributed by atoms with van der Waals surface area (Å²) in [6.07, 6.45) is 2.48. The number of ether oxygens (including phenoxy) is 1. The summed E-state index contributed by atoms with van der Waals surface area (Å²) in [5, 5.41) is 10.3. The molecule has 2 rings (SSSR count). The van der Waals surface area contributed by atoms with E-state index in [-0.39, 0.29) is 12.4 Å². The van der Waals surface area contributed by atoms with Crippen molar-refractivity contribution in [1.29, 1.82) is 0 Å². The molecule has 0 saturated carbocycles. The minimum absolute atomic E-state index is 0.0892. The number of aliphatic carboxylic acids is 1. The summed E-state index contributed by atoms with van der Waals surface area (Å²) in [5.41, 5.74) is 0.718. The molecule has 0 aliphatic heterocycles. The van der Waals surface area contributed by atoms with Crippen LogP contribution in [0.1, 0.15) is 10.4 Å². The molecule has 0 aliphatic rings. The molecule has 0 fully saturated rings. The number of hydrogen-bond acceptors (Lipinski definition) is 3. The Balaban J connectivity index is 2.01. The molecule has 1 N–H and O–H groups in total. The highest BCUT2D eigenvalue weighted by Crippen LogP contribution is 2.22. The summed E-state index contributed by atoms with van der Waals surface area (Å²) in [6.45, 7) is 0.0892. The Morgan fingerprint density at radius 2 is 2.15 bits per heavy atom. The van der Waals surface area contributed by atoms with Gasteiger partial charge in [0, 0.05) is 17.0 Å². The molecule has 0 atom stereocenters. The van der Waals surface area contributed by atoms with Crippen molar-refractivity contribution in [2.75, 3.05) is 0 Å². The molecule has 0 bridgehead atoms. The van der Waals surface area contributed by atoms with Gasteiger partial charge in [0.1, 0.15) is 12.4 Å². The lowest BCUT2D eigenvalue weighted by Gasteiger charge is -2.05. The second kappa shape index (κ2) is 6.29. The minimum Gasteiger partial charge on any atom is -0.485 e. The third-order valence-electron chi connectivity index (χ3n) is 2.36. The number of carboxylic acids is 1. The normalized spacial score (nSPS) is 10.9. The average molecular weight is 296 g/mol. The largest absolute Gasteiger partial charge is 0.485 e. The first-order valence-electron chi connectivity index (χ1n) is 5.61. The lowest BCUT2D eigenvalue weighted by atomic mass is 10.3. The zero-order valence-corrected chi connectivity index (χ0v) is 11.0. The van der Waals surface area contributed by atoms with Crippen molar-refractivity contribution < 1.29 is 23.4 Å². The molecule has 0 spiro atoms. The van der Waals surface area contributed by atoms with Gasteiger partial charge in [0.15, 0.2) is 11.6 Å². The van der Waals surface area contributed by atoms with Gasteiger partial charge in [0.2, 0.25) is 0 Å². The first-order chi connectivity index (χ1) is 9.54. The lowest BCUT2D eigenvalue weighted by Crippen LogP contribution is -1.96. The summed E-state index contributed by atoms with van der Waals surface area (Å²) in [5.74, 6) is -2.39. The zero-order valence-electron chi connectivity index (χ0n) is 10.2. The molecule has 0 aliphatic carbocycles. The maximum absolute atomic E-state index is 13.3. The highest BCUT2D eigenvalue weighted by Gasteiger charge is 2.06. The quantitative estimate of drug-likeness (QED) is 0.856. The second-order valence-electron chi connectivity index (χ2n) is 3.88. The van der Waals surface area contributed by atoms with Gasteiger partial charge in [0.25, 0.3) is 0 Å². The van der Waals surface area contributed by atoms with Gasteiger partial charge in [-0.25, -0.2) is 13.6 Å². The van der Waals surface area contributed by atoms with Crippen LogP contribution in [0.15, 0.2) is 35.7 Å². The zero-order chi connectivity index (χ0) is 14.5. The Hall–Kier alpha value is -2.21. The van der Waals surface area contributed by atoms with Crippen molar-refractivity contribution in [1.82, 2.24) is 0 Å². The van der Waals surface area contributed by atoms with Crippen molar-refractivity contribution >= 4 is 23.4 Å². The van der Waals surface area contributed by atoms with Crippen LogP contribution in [-0.2, 0) is 11.4 Å². The molecule has 104 valence electrons. The summed E-state index contributed by atoms with van der Waals surface area (Å²) in [4.78, 5) is 11.2. The molecule has 0 saturated heterocycles. The minimum atomic E-state index is -1.03. The number of rotatable bonds is 5. The molecule has 20 heavy (non-hydrogen) atoms. The van der Waals surface area contributed by atoms with Crippen molar-refractivity contribution in [3.63, 3.8) is 0 Å². The van der Waals surface area contributed by atoms with Gasteiger partial charge >= 0.3 is 5.97 Å². The summed E-state index contributed by atoms with van der Waals surface area (Å²) in [6, 6.07) is 4.72. The monoisotopic (exact) mass is 296 g/mol. The Bertz CT molecular complexity index is 650. The van der Waals surface area contributed by atoms with Gasteiger partial charge in [-0.1, -0.05) is 0 Å². The van der Waals surface area contributed by atoms with E-state index in [2.05, 4.69) is 0 Å². The summed E-state index contributed by atoms with van der Waals surface area (Å²) >= 11 is 1.35. The van der Waals surface area contributed by atoms with Crippen LogP contribution in [0.5, 0.6) is 5.75 Å². The Kier molecular flexibility index (Phi) is 4.47. The third-order valence-corrected chi connectivity index (χ3v) is 3.28. The van der Waals surface area contributed by atoms with Crippen LogP contribution in [0.25, 0.3) is 6.08 Å². The average Bonchev–Trinajstić information content (AvgIpc) is 2.85. The van der Waals surface area contributed by atoms with E-state index >= 15 is 0 Å². The highest BCUT2D eigenvalue weighted by atomic mass is 32.1. The van der Waals surface area contributed by atoms with E-state index < -0.39 is 17.6 Å². The van der Waals surface area contributed by atoms with Crippen LogP contribution < -0.4 is 4.74 Å². The maximum Gasteiger partial charge on any atom is 0.328 e. The Morgan fingerprint density at radius 1 is 1.35 bits per heavy atom. The highest BCUT2D eigenvalue weighted by molar-refractivity contribution is 7.10. The predicted octanol–water partition coefficient (Wildman–Crippen LogP) is 3.70. The molecule has 0 unspecified atom stereocenters. The standard InChI is InChI=1S/C14H10F2O3S/c15-10-2-3-12(16)13(6-10)19-7-11-5-9(8-20-11)1-4-14(17)18/h1-6,8H,7H2,(H,17,18). The van der Waals surface area contributed by atoms with E-state index in [4.69, 9.17) is 9.84 Å². The van der Waals surface area contributed by atoms with Gasteiger partial charge in [-0.2, -0.15) is 0 Å². The summed E-state index contributed by atoms with van der Waals surface area (Å²) in [7, 11) is 0.